The quantitative estimate of drug-likeness (QED) is 0.510. The van der Waals surface area contributed by atoms with E-state index < -0.39 is 0 Å². The van der Waals surface area contributed by atoms with Gasteiger partial charge in [-0.05, 0) is 24.0 Å². The molecule has 0 aliphatic carbocycles. The van der Waals surface area contributed by atoms with Gasteiger partial charge in [-0.2, -0.15) is 0 Å². The first kappa shape index (κ1) is 19.3. The lowest BCUT2D eigenvalue weighted by atomic mass is 10.1. The van der Waals surface area contributed by atoms with Gasteiger partial charge in [0.25, 0.3) is 11.8 Å². The van der Waals surface area contributed by atoms with Gasteiger partial charge in [0.05, 0.1) is 11.1 Å². The minimum atomic E-state index is -0.195. The number of rotatable bonds is 2. The Kier molecular flexibility index (Phi) is 4.80. The fourth-order valence-electron chi connectivity index (χ4n) is 3.91. The van der Waals surface area contributed by atoms with Gasteiger partial charge in [-0.1, -0.05) is 36.4 Å². The third kappa shape index (κ3) is 2.83. The molecule has 2 heterocycles. The molecule has 0 bridgehead atoms. The molecule has 2 aromatic carbocycles. The molecular formula is C24H22N4O2. The van der Waals surface area contributed by atoms with Gasteiger partial charge >= 0.3 is 0 Å². The van der Waals surface area contributed by atoms with E-state index in [9.17, 15) is 9.59 Å². The van der Waals surface area contributed by atoms with Crippen LogP contribution in [0.1, 0.15) is 32.1 Å². The molecule has 4 aromatic rings. The summed E-state index contributed by atoms with van der Waals surface area (Å²) in [4.78, 5) is 25.3. The van der Waals surface area contributed by atoms with Crippen LogP contribution >= 0.6 is 0 Å². The SMILES string of the molecule is CNC(=O)c1c(C#Cc2c(C(=O)NC)c3ccccc3n2C)n(C)c2ccccc12. The van der Waals surface area contributed by atoms with Gasteiger partial charge in [0, 0.05) is 50.0 Å². The predicted molar refractivity (Wildman–Crippen MR) is 119 cm³/mol. The normalized spacial score (nSPS) is 10.7. The van der Waals surface area contributed by atoms with Gasteiger partial charge in [0.1, 0.15) is 11.4 Å². The summed E-state index contributed by atoms with van der Waals surface area (Å²) in [6, 6.07) is 15.4. The third-order valence-electron chi connectivity index (χ3n) is 5.42. The van der Waals surface area contributed by atoms with E-state index in [0.29, 0.717) is 22.5 Å². The number of aryl methyl sites for hydroxylation is 2. The molecule has 30 heavy (non-hydrogen) atoms. The summed E-state index contributed by atoms with van der Waals surface area (Å²) in [6.45, 7) is 0. The Balaban J connectivity index is 2.01. The molecule has 0 atom stereocenters. The van der Waals surface area contributed by atoms with Crippen molar-refractivity contribution in [2.75, 3.05) is 14.1 Å². The van der Waals surface area contributed by atoms with E-state index in [1.807, 2.05) is 71.8 Å². The van der Waals surface area contributed by atoms with Gasteiger partial charge in [-0.15, -0.1) is 0 Å². The van der Waals surface area contributed by atoms with Crippen molar-refractivity contribution in [2.24, 2.45) is 14.1 Å². The topological polar surface area (TPSA) is 68.1 Å². The second-order valence-electron chi connectivity index (χ2n) is 7.01. The summed E-state index contributed by atoms with van der Waals surface area (Å²) in [5.74, 6) is 5.96. The Morgan fingerprint density at radius 2 is 1.07 bits per heavy atom. The first-order valence-electron chi connectivity index (χ1n) is 9.60. The van der Waals surface area contributed by atoms with Crippen molar-refractivity contribution in [1.29, 1.82) is 0 Å². The molecule has 2 amide bonds. The highest BCUT2D eigenvalue weighted by Gasteiger charge is 2.21. The van der Waals surface area contributed by atoms with Crippen LogP contribution in [0.2, 0.25) is 0 Å². The maximum atomic E-state index is 12.6. The van der Waals surface area contributed by atoms with E-state index in [0.717, 1.165) is 21.8 Å². The van der Waals surface area contributed by atoms with Crippen molar-refractivity contribution in [2.45, 2.75) is 0 Å². The average Bonchev–Trinajstić information content (AvgIpc) is 3.22. The lowest BCUT2D eigenvalue weighted by molar-refractivity contribution is 0.0956. The van der Waals surface area contributed by atoms with E-state index >= 15 is 0 Å². The van der Waals surface area contributed by atoms with Crippen LogP contribution in [0.15, 0.2) is 48.5 Å². The van der Waals surface area contributed by atoms with Gasteiger partial charge in [-0.3, -0.25) is 9.59 Å². The van der Waals surface area contributed by atoms with Crippen molar-refractivity contribution in [1.82, 2.24) is 19.8 Å². The molecule has 4 rings (SSSR count). The first-order chi connectivity index (χ1) is 14.5. The maximum Gasteiger partial charge on any atom is 0.254 e. The maximum absolute atomic E-state index is 12.6. The Morgan fingerprint density at radius 1 is 0.700 bits per heavy atom. The second-order valence-corrected chi connectivity index (χ2v) is 7.01. The predicted octanol–water partition coefficient (Wildman–Crippen LogP) is 2.79. The number of carbonyl (C=O) groups excluding carboxylic acids is 2. The standard InChI is InChI=1S/C24H22N4O2/c1-25-23(29)21-15-9-5-7-11-17(15)27(3)19(21)13-14-20-22(24(30)26-2)16-10-6-8-12-18(16)28(20)4/h5-12H,1-4H3,(H,25,29)(H,26,30). The van der Waals surface area contributed by atoms with Crippen molar-refractivity contribution < 1.29 is 9.59 Å². The van der Waals surface area contributed by atoms with E-state index in [1.54, 1.807) is 14.1 Å². The Morgan fingerprint density at radius 3 is 1.43 bits per heavy atom. The molecule has 0 fully saturated rings. The molecule has 150 valence electrons. The lowest BCUT2D eigenvalue weighted by Gasteiger charge is -2.02. The van der Waals surface area contributed by atoms with Crippen LogP contribution in [0.3, 0.4) is 0 Å². The minimum absolute atomic E-state index is 0.195. The largest absolute Gasteiger partial charge is 0.355 e. The number of nitrogens with one attached hydrogen (secondary N) is 2. The molecule has 0 aliphatic heterocycles. The fourth-order valence-corrected chi connectivity index (χ4v) is 3.91. The van der Waals surface area contributed by atoms with Crippen LogP contribution in [0.5, 0.6) is 0 Å². The fraction of sp³-hybridized carbons (Fsp3) is 0.167. The van der Waals surface area contributed by atoms with Crippen LogP contribution in [0.25, 0.3) is 21.8 Å². The number of nitrogens with zero attached hydrogens (tertiary/aromatic N) is 2. The Hall–Kier alpha value is -3.98. The number of amides is 2. The number of fused-ring (bicyclic) bond motifs is 2. The van der Waals surface area contributed by atoms with Crippen LogP contribution < -0.4 is 10.6 Å². The molecule has 0 radical (unpaired) electrons. The zero-order valence-corrected chi connectivity index (χ0v) is 17.3. The molecular weight excluding hydrogens is 376 g/mol. The van der Waals surface area contributed by atoms with Crippen LogP contribution in [-0.2, 0) is 14.1 Å². The molecule has 2 aromatic heterocycles. The van der Waals surface area contributed by atoms with Gasteiger partial charge in [0.2, 0.25) is 0 Å². The van der Waals surface area contributed by atoms with Crippen LogP contribution in [-0.4, -0.2) is 35.0 Å². The Labute approximate surface area is 174 Å². The van der Waals surface area contributed by atoms with Crippen LogP contribution in [0, 0.1) is 11.8 Å². The van der Waals surface area contributed by atoms with E-state index in [1.165, 1.54) is 0 Å². The molecule has 0 aliphatic rings. The van der Waals surface area contributed by atoms with Crippen molar-refractivity contribution in [3.8, 4) is 11.8 Å². The van der Waals surface area contributed by atoms with Gasteiger partial charge < -0.3 is 19.8 Å². The van der Waals surface area contributed by atoms with Crippen molar-refractivity contribution in [3.63, 3.8) is 0 Å². The molecule has 2 N–H and O–H groups in total. The number of carbonyl (C=O) groups is 2. The number of para-hydroxylation sites is 2. The number of hydrogen-bond donors (Lipinski definition) is 2. The summed E-state index contributed by atoms with van der Waals surface area (Å²) in [7, 11) is 6.99. The van der Waals surface area contributed by atoms with Crippen LogP contribution in [0.4, 0.5) is 0 Å². The molecule has 0 spiro atoms. The highest BCUT2D eigenvalue weighted by atomic mass is 16.2. The van der Waals surface area contributed by atoms with Crippen molar-refractivity contribution >= 4 is 33.6 Å². The van der Waals surface area contributed by atoms with Gasteiger partial charge in [-0.25, -0.2) is 0 Å². The monoisotopic (exact) mass is 398 g/mol. The summed E-state index contributed by atoms with van der Waals surface area (Å²) in [5, 5.41) is 7.10. The summed E-state index contributed by atoms with van der Waals surface area (Å²) < 4.78 is 3.82. The summed E-state index contributed by atoms with van der Waals surface area (Å²) in [5.41, 5.74) is 4.10. The lowest BCUT2D eigenvalue weighted by Crippen LogP contribution is -2.19. The number of hydrogen-bond acceptors (Lipinski definition) is 2. The summed E-state index contributed by atoms with van der Waals surface area (Å²) >= 11 is 0. The molecule has 6 nitrogen and oxygen atoms in total. The van der Waals surface area contributed by atoms with E-state index in [2.05, 4.69) is 22.5 Å². The van der Waals surface area contributed by atoms with E-state index in [-0.39, 0.29) is 11.8 Å². The van der Waals surface area contributed by atoms with Crippen molar-refractivity contribution in [3.05, 3.63) is 71.0 Å². The average molecular weight is 398 g/mol. The second kappa shape index (κ2) is 7.45. The molecule has 0 unspecified atom stereocenters. The smallest absolute Gasteiger partial charge is 0.254 e. The molecule has 0 saturated heterocycles. The number of benzene rings is 2. The zero-order chi connectivity index (χ0) is 21.4. The first-order valence-corrected chi connectivity index (χ1v) is 9.60. The highest BCUT2D eigenvalue weighted by molar-refractivity contribution is 6.10. The highest BCUT2D eigenvalue weighted by Crippen LogP contribution is 2.27. The zero-order valence-electron chi connectivity index (χ0n) is 17.3. The molecule has 6 heteroatoms. The number of aromatic nitrogens is 2. The van der Waals surface area contributed by atoms with Gasteiger partial charge in [0.15, 0.2) is 0 Å². The van der Waals surface area contributed by atoms with E-state index in [4.69, 9.17) is 0 Å². The summed E-state index contributed by atoms with van der Waals surface area (Å²) in [6.07, 6.45) is 0. The Bertz CT molecular complexity index is 1280. The molecule has 0 saturated carbocycles. The third-order valence-corrected chi connectivity index (χ3v) is 5.42. The minimum Gasteiger partial charge on any atom is -0.355 e.